The number of pyridine rings is 1. The number of aromatic nitrogens is 1. The van der Waals surface area contributed by atoms with Crippen LogP contribution >= 0.6 is 0 Å². The summed E-state index contributed by atoms with van der Waals surface area (Å²) in [6.07, 6.45) is 0. The molecule has 1 aromatic heterocycles. The molecule has 1 nitrogen and oxygen atoms in total. The van der Waals surface area contributed by atoms with E-state index in [4.69, 9.17) is 0 Å². The second-order valence-corrected chi connectivity index (χ2v) is 4.42. The number of hydrogen-bond donors (Lipinski definition) is 0. The average Bonchev–Trinajstić information content (AvgIpc) is 1.82. The van der Waals surface area contributed by atoms with Crippen molar-refractivity contribution in [1.82, 2.24) is 4.98 Å². The summed E-state index contributed by atoms with van der Waals surface area (Å²) < 4.78 is 0. The topological polar surface area (TPSA) is 12.9 Å². The van der Waals surface area contributed by atoms with E-state index in [0.29, 0.717) is 0 Å². The fourth-order valence-electron chi connectivity index (χ4n) is 1.23. The van der Waals surface area contributed by atoms with Crippen LogP contribution in [-0.2, 0) is 5.41 Å². The van der Waals surface area contributed by atoms with Crippen molar-refractivity contribution in [3.05, 3.63) is 29.1 Å². The predicted octanol–water partition coefficient (Wildman–Crippen LogP) is 3.00. The first kappa shape index (κ1) is 9.24. The number of rotatable bonds is 0. The Balaban J connectivity index is 3.18. The largest absolute Gasteiger partial charge is 0.258 e. The van der Waals surface area contributed by atoms with E-state index in [1.807, 2.05) is 6.92 Å². The molecule has 0 aliphatic rings. The molecule has 0 aromatic carbocycles. The lowest BCUT2D eigenvalue weighted by Crippen LogP contribution is -2.14. The lowest BCUT2D eigenvalue weighted by atomic mass is 9.91. The van der Waals surface area contributed by atoms with E-state index in [-0.39, 0.29) is 5.41 Å². The molecule has 0 radical (unpaired) electrons. The van der Waals surface area contributed by atoms with E-state index in [9.17, 15) is 0 Å². The van der Waals surface area contributed by atoms with Gasteiger partial charge in [0.2, 0.25) is 0 Å². The second kappa shape index (κ2) is 2.89. The fraction of sp³-hybridized carbons (Fsp3) is 0.545. The van der Waals surface area contributed by atoms with Crippen molar-refractivity contribution in [2.75, 3.05) is 0 Å². The Labute approximate surface area is 74.8 Å². The van der Waals surface area contributed by atoms with Crippen LogP contribution in [-0.4, -0.2) is 4.98 Å². The van der Waals surface area contributed by atoms with Crippen molar-refractivity contribution in [2.24, 2.45) is 0 Å². The zero-order valence-corrected chi connectivity index (χ0v) is 8.60. The van der Waals surface area contributed by atoms with E-state index >= 15 is 0 Å². The Morgan fingerprint density at radius 1 is 1.08 bits per heavy atom. The highest BCUT2D eigenvalue weighted by Gasteiger charge is 2.15. The molecule has 0 fully saturated rings. The van der Waals surface area contributed by atoms with Crippen LogP contribution in [0.4, 0.5) is 0 Å². The summed E-state index contributed by atoms with van der Waals surface area (Å²) in [7, 11) is 0. The van der Waals surface area contributed by atoms with E-state index in [0.717, 1.165) is 5.69 Å². The summed E-state index contributed by atoms with van der Waals surface area (Å²) in [5, 5.41) is 0. The van der Waals surface area contributed by atoms with Gasteiger partial charge in [-0.1, -0.05) is 20.8 Å². The summed E-state index contributed by atoms with van der Waals surface area (Å²) in [6.45, 7) is 10.7. The molecule has 0 unspecified atom stereocenters. The van der Waals surface area contributed by atoms with Crippen LogP contribution in [0.3, 0.4) is 0 Å². The number of hydrogen-bond acceptors (Lipinski definition) is 1. The highest BCUT2D eigenvalue weighted by Crippen LogP contribution is 2.21. The van der Waals surface area contributed by atoms with Crippen LogP contribution in [0, 0.1) is 13.8 Å². The van der Waals surface area contributed by atoms with Gasteiger partial charge in [0.15, 0.2) is 0 Å². The molecular formula is C11H17N. The van der Waals surface area contributed by atoms with Gasteiger partial charge >= 0.3 is 0 Å². The van der Waals surface area contributed by atoms with Crippen LogP contribution in [0.5, 0.6) is 0 Å². The minimum atomic E-state index is 0.163. The van der Waals surface area contributed by atoms with Gasteiger partial charge in [-0.2, -0.15) is 0 Å². The molecule has 0 amide bonds. The Morgan fingerprint density at radius 3 is 2.08 bits per heavy atom. The van der Waals surface area contributed by atoms with Crippen LogP contribution in [0.25, 0.3) is 0 Å². The molecular weight excluding hydrogens is 146 g/mol. The first-order valence-corrected chi connectivity index (χ1v) is 4.35. The van der Waals surface area contributed by atoms with Crippen molar-refractivity contribution >= 4 is 0 Å². The predicted molar refractivity (Wildman–Crippen MR) is 52.4 cm³/mol. The van der Waals surface area contributed by atoms with E-state index in [1.54, 1.807) is 0 Å². The molecule has 0 spiro atoms. The first-order chi connectivity index (χ1) is 5.39. The second-order valence-electron chi connectivity index (χ2n) is 4.42. The summed E-state index contributed by atoms with van der Waals surface area (Å²) in [5.41, 5.74) is 3.75. The monoisotopic (exact) mass is 163 g/mol. The lowest BCUT2D eigenvalue weighted by Gasteiger charge is -2.18. The van der Waals surface area contributed by atoms with Crippen LogP contribution in [0.15, 0.2) is 12.1 Å². The van der Waals surface area contributed by atoms with Crippen LogP contribution in [0.1, 0.15) is 37.7 Å². The van der Waals surface area contributed by atoms with Gasteiger partial charge in [-0.15, -0.1) is 0 Å². The van der Waals surface area contributed by atoms with Gasteiger partial charge in [0.05, 0.1) is 0 Å². The van der Waals surface area contributed by atoms with Gasteiger partial charge < -0.3 is 0 Å². The van der Waals surface area contributed by atoms with Crippen molar-refractivity contribution in [2.45, 2.75) is 40.0 Å². The Hall–Kier alpha value is -0.850. The van der Waals surface area contributed by atoms with Crippen LogP contribution in [0.2, 0.25) is 0 Å². The SMILES string of the molecule is Cc1cc(C)nc(C(C)(C)C)c1. The average molecular weight is 163 g/mol. The summed E-state index contributed by atoms with van der Waals surface area (Å²) in [5.74, 6) is 0. The molecule has 1 aromatic rings. The van der Waals surface area contributed by atoms with Gasteiger partial charge in [0.1, 0.15) is 0 Å². The molecule has 1 heterocycles. The Morgan fingerprint density at radius 2 is 1.67 bits per heavy atom. The minimum Gasteiger partial charge on any atom is -0.258 e. The molecule has 0 bridgehead atoms. The molecule has 12 heavy (non-hydrogen) atoms. The van der Waals surface area contributed by atoms with Crippen molar-refractivity contribution in [3.63, 3.8) is 0 Å². The van der Waals surface area contributed by atoms with E-state index in [2.05, 4.69) is 44.8 Å². The summed E-state index contributed by atoms with van der Waals surface area (Å²) in [4.78, 5) is 4.51. The molecule has 0 atom stereocenters. The van der Waals surface area contributed by atoms with E-state index < -0.39 is 0 Å². The molecule has 0 N–H and O–H groups in total. The van der Waals surface area contributed by atoms with Gasteiger partial charge in [0.25, 0.3) is 0 Å². The van der Waals surface area contributed by atoms with E-state index in [1.165, 1.54) is 11.3 Å². The van der Waals surface area contributed by atoms with Gasteiger partial charge in [-0.3, -0.25) is 4.98 Å². The standard InChI is InChI=1S/C11H17N/c1-8-6-9(2)12-10(7-8)11(3,4)5/h6-7H,1-5H3. The highest BCUT2D eigenvalue weighted by molar-refractivity contribution is 5.23. The summed E-state index contributed by atoms with van der Waals surface area (Å²) >= 11 is 0. The zero-order valence-electron chi connectivity index (χ0n) is 8.60. The lowest BCUT2D eigenvalue weighted by molar-refractivity contribution is 0.566. The Kier molecular flexibility index (Phi) is 2.22. The van der Waals surface area contributed by atoms with Crippen molar-refractivity contribution in [1.29, 1.82) is 0 Å². The molecule has 1 heteroatoms. The van der Waals surface area contributed by atoms with Gasteiger partial charge in [-0.25, -0.2) is 0 Å². The van der Waals surface area contributed by atoms with Crippen LogP contribution < -0.4 is 0 Å². The van der Waals surface area contributed by atoms with Crippen molar-refractivity contribution < 1.29 is 0 Å². The third-order valence-corrected chi connectivity index (χ3v) is 1.87. The molecule has 0 aliphatic carbocycles. The Bertz CT molecular complexity index is 261. The normalized spacial score (nSPS) is 11.8. The fourth-order valence-corrected chi connectivity index (χ4v) is 1.23. The molecule has 1 rings (SSSR count). The maximum Gasteiger partial charge on any atom is 0.0462 e. The van der Waals surface area contributed by atoms with Gasteiger partial charge in [0, 0.05) is 16.8 Å². The maximum absolute atomic E-state index is 4.51. The third-order valence-electron chi connectivity index (χ3n) is 1.87. The van der Waals surface area contributed by atoms with Crippen molar-refractivity contribution in [3.8, 4) is 0 Å². The number of aryl methyl sites for hydroxylation is 2. The molecule has 66 valence electrons. The molecule has 0 aliphatic heterocycles. The third kappa shape index (κ3) is 2.07. The minimum absolute atomic E-state index is 0.163. The quantitative estimate of drug-likeness (QED) is 0.573. The van der Waals surface area contributed by atoms with Gasteiger partial charge in [-0.05, 0) is 31.5 Å². The zero-order chi connectivity index (χ0) is 9.35. The first-order valence-electron chi connectivity index (χ1n) is 4.35. The maximum atomic E-state index is 4.51. The number of nitrogens with zero attached hydrogens (tertiary/aromatic N) is 1. The molecule has 0 saturated carbocycles. The smallest absolute Gasteiger partial charge is 0.0462 e. The molecule has 0 saturated heterocycles. The highest BCUT2D eigenvalue weighted by atomic mass is 14.7. The summed E-state index contributed by atoms with van der Waals surface area (Å²) in [6, 6.07) is 4.27.